The molecule has 0 saturated carbocycles. The largest absolute Gasteiger partial charge is 0.339 e. The summed E-state index contributed by atoms with van der Waals surface area (Å²) in [4.78, 5) is 17.1. The van der Waals surface area contributed by atoms with Gasteiger partial charge in [0.15, 0.2) is 0 Å². The second-order valence-electron chi connectivity index (χ2n) is 8.26. The number of benzene rings is 2. The molecule has 30 heavy (non-hydrogen) atoms. The monoisotopic (exact) mass is 427 g/mol. The van der Waals surface area contributed by atoms with E-state index in [2.05, 4.69) is 23.1 Å². The van der Waals surface area contributed by atoms with Crippen LogP contribution in [0.2, 0.25) is 0 Å². The van der Waals surface area contributed by atoms with Gasteiger partial charge < -0.3 is 4.90 Å². The molecule has 1 saturated heterocycles. The Hall–Kier alpha value is -2.22. The van der Waals surface area contributed by atoms with Crippen LogP contribution in [0.5, 0.6) is 0 Å². The molecule has 2 heterocycles. The van der Waals surface area contributed by atoms with E-state index in [1.54, 1.807) is 17.0 Å². The zero-order valence-corrected chi connectivity index (χ0v) is 18.5. The van der Waals surface area contributed by atoms with E-state index < -0.39 is 10.0 Å². The van der Waals surface area contributed by atoms with Crippen molar-refractivity contribution in [1.29, 1.82) is 0 Å². The molecule has 2 aromatic carbocycles. The molecular weight excluding hydrogens is 398 g/mol. The van der Waals surface area contributed by atoms with Gasteiger partial charge in [0, 0.05) is 39.3 Å². The summed E-state index contributed by atoms with van der Waals surface area (Å²) < 4.78 is 27.4. The molecule has 0 aliphatic carbocycles. The van der Waals surface area contributed by atoms with Crippen molar-refractivity contribution in [3.8, 4) is 0 Å². The fraction of sp³-hybridized carbons (Fsp3) is 0.435. The Kier molecular flexibility index (Phi) is 5.95. The van der Waals surface area contributed by atoms with Crippen molar-refractivity contribution in [2.45, 2.75) is 31.7 Å². The fourth-order valence-electron chi connectivity index (χ4n) is 4.18. The number of amides is 1. The minimum atomic E-state index is -3.53. The van der Waals surface area contributed by atoms with Crippen molar-refractivity contribution in [3.63, 3.8) is 0 Å². The van der Waals surface area contributed by atoms with Gasteiger partial charge in [-0.3, -0.25) is 9.69 Å². The van der Waals surface area contributed by atoms with Gasteiger partial charge in [0.05, 0.1) is 11.4 Å². The van der Waals surface area contributed by atoms with Gasteiger partial charge in [-0.05, 0) is 54.7 Å². The molecule has 2 aliphatic heterocycles. The SMILES string of the molecule is Cc1ccc(S(=O)(=O)N2CCN(C(=O)CN3CCc4ccccc4C3)CC2)cc1C. The van der Waals surface area contributed by atoms with Crippen LogP contribution in [0, 0.1) is 13.8 Å². The van der Waals surface area contributed by atoms with Gasteiger partial charge in [-0.15, -0.1) is 0 Å². The first-order chi connectivity index (χ1) is 14.3. The van der Waals surface area contributed by atoms with Crippen LogP contribution in [-0.4, -0.2) is 67.7 Å². The molecule has 0 bridgehead atoms. The summed E-state index contributed by atoms with van der Waals surface area (Å²) in [5, 5.41) is 0. The smallest absolute Gasteiger partial charge is 0.243 e. The number of carbonyl (C=O) groups excluding carboxylic acids is 1. The highest BCUT2D eigenvalue weighted by atomic mass is 32.2. The van der Waals surface area contributed by atoms with Crippen molar-refractivity contribution in [1.82, 2.24) is 14.1 Å². The third kappa shape index (κ3) is 4.29. The number of nitrogens with zero attached hydrogens (tertiary/aromatic N) is 3. The molecule has 0 unspecified atom stereocenters. The number of piperazine rings is 1. The predicted molar refractivity (Wildman–Crippen MR) is 117 cm³/mol. The quantitative estimate of drug-likeness (QED) is 0.751. The standard InChI is InChI=1S/C23H29N3O3S/c1-18-7-8-22(15-19(18)2)30(28,29)26-13-11-25(12-14-26)23(27)17-24-10-9-20-5-3-4-6-21(20)16-24/h3-8,15H,9-14,16-17H2,1-2H3. The third-order valence-corrected chi connectivity index (χ3v) is 8.17. The Labute approximate surface area is 179 Å². The lowest BCUT2D eigenvalue weighted by Gasteiger charge is -2.36. The summed E-state index contributed by atoms with van der Waals surface area (Å²) in [7, 11) is -3.53. The molecular formula is C23H29N3O3S. The lowest BCUT2D eigenvalue weighted by molar-refractivity contribution is -0.133. The molecule has 2 aliphatic rings. The number of fused-ring (bicyclic) bond motifs is 1. The van der Waals surface area contributed by atoms with Crippen molar-refractivity contribution in [3.05, 3.63) is 64.7 Å². The van der Waals surface area contributed by atoms with Crippen LogP contribution in [0.1, 0.15) is 22.3 Å². The average molecular weight is 428 g/mol. The molecule has 160 valence electrons. The Morgan fingerprint density at radius 2 is 1.60 bits per heavy atom. The number of sulfonamides is 1. The second-order valence-corrected chi connectivity index (χ2v) is 10.2. The first kappa shape index (κ1) is 21.0. The minimum absolute atomic E-state index is 0.0811. The average Bonchev–Trinajstić information content (AvgIpc) is 2.75. The highest BCUT2D eigenvalue weighted by molar-refractivity contribution is 7.89. The van der Waals surface area contributed by atoms with Crippen LogP contribution in [0.15, 0.2) is 47.4 Å². The molecule has 6 nitrogen and oxygen atoms in total. The molecule has 2 aromatic rings. The maximum Gasteiger partial charge on any atom is 0.243 e. The van der Waals surface area contributed by atoms with Crippen LogP contribution in [0.25, 0.3) is 0 Å². The fourth-order valence-corrected chi connectivity index (χ4v) is 5.69. The van der Waals surface area contributed by atoms with E-state index in [1.165, 1.54) is 15.4 Å². The number of hydrogen-bond donors (Lipinski definition) is 0. The maximum absolute atomic E-state index is 13.0. The lowest BCUT2D eigenvalue weighted by atomic mass is 10.00. The van der Waals surface area contributed by atoms with Crippen molar-refractivity contribution >= 4 is 15.9 Å². The van der Waals surface area contributed by atoms with Crippen LogP contribution in [0.4, 0.5) is 0 Å². The van der Waals surface area contributed by atoms with E-state index >= 15 is 0 Å². The number of aryl methyl sites for hydroxylation is 2. The first-order valence-electron chi connectivity index (χ1n) is 10.5. The molecule has 0 N–H and O–H groups in total. The molecule has 4 rings (SSSR count). The molecule has 0 radical (unpaired) electrons. The summed E-state index contributed by atoms with van der Waals surface area (Å²) in [6.45, 7) is 7.50. The molecule has 0 spiro atoms. The maximum atomic E-state index is 13.0. The second kappa shape index (κ2) is 8.49. The Bertz CT molecular complexity index is 1040. The van der Waals surface area contributed by atoms with Gasteiger partial charge in [0.1, 0.15) is 0 Å². The predicted octanol–water partition coefficient (Wildman–Crippen LogP) is 2.19. The highest BCUT2D eigenvalue weighted by Gasteiger charge is 2.31. The van der Waals surface area contributed by atoms with E-state index in [4.69, 9.17) is 0 Å². The Balaban J connectivity index is 1.34. The van der Waals surface area contributed by atoms with E-state index in [9.17, 15) is 13.2 Å². The summed E-state index contributed by atoms with van der Waals surface area (Å²) in [6, 6.07) is 13.6. The third-order valence-electron chi connectivity index (χ3n) is 6.28. The van der Waals surface area contributed by atoms with Crippen LogP contribution in [0.3, 0.4) is 0 Å². The summed E-state index contributed by atoms with van der Waals surface area (Å²) >= 11 is 0. The summed E-state index contributed by atoms with van der Waals surface area (Å²) in [6.07, 6.45) is 0.964. The van der Waals surface area contributed by atoms with Gasteiger partial charge in [-0.1, -0.05) is 30.3 Å². The molecule has 1 fully saturated rings. The van der Waals surface area contributed by atoms with Gasteiger partial charge in [0.2, 0.25) is 15.9 Å². The zero-order valence-electron chi connectivity index (χ0n) is 17.7. The molecule has 0 aromatic heterocycles. The van der Waals surface area contributed by atoms with Gasteiger partial charge in [0.25, 0.3) is 0 Å². The Morgan fingerprint density at radius 3 is 2.30 bits per heavy atom. The van der Waals surface area contributed by atoms with E-state index in [0.717, 1.165) is 30.6 Å². The lowest BCUT2D eigenvalue weighted by Crippen LogP contribution is -2.52. The van der Waals surface area contributed by atoms with Crippen LogP contribution >= 0.6 is 0 Å². The van der Waals surface area contributed by atoms with Crippen LogP contribution < -0.4 is 0 Å². The number of carbonyl (C=O) groups is 1. The van der Waals surface area contributed by atoms with Gasteiger partial charge in [-0.25, -0.2) is 8.42 Å². The molecule has 1 amide bonds. The molecule has 7 heteroatoms. The first-order valence-corrected chi connectivity index (χ1v) is 11.9. The van der Waals surface area contributed by atoms with Crippen molar-refractivity contribution in [2.75, 3.05) is 39.3 Å². The normalized spacial score (nSPS) is 18.3. The molecule has 0 atom stereocenters. The van der Waals surface area contributed by atoms with E-state index in [-0.39, 0.29) is 5.91 Å². The topological polar surface area (TPSA) is 60.9 Å². The highest BCUT2D eigenvalue weighted by Crippen LogP contribution is 2.21. The Morgan fingerprint density at radius 1 is 0.900 bits per heavy atom. The summed E-state index contributed by atoms with van der Waals surface area (Å²) in [5.74, 6) is 0.0811. The minimum Gasteiger partial charge on any atom is -0.339 e. The zero-order chi connectivity index (χ0) is 21.3. The van der Waals surface area contributed by atoms with Gasteiger partial charge in [-0.2, -0.15) is 4.31 Å². The summed E-state index contributed by atoms with van der Waals surface area (Å²) in [5.41, 5.74) is 4.70. The van der Waals surface area contributed by atoms with Crippen molar-refractivity contribution < 1.29 is 13.2 Å². The number of rotatable bonds is 4. The van der Waals surface area contributed by atoms with E-state index in [1.807, 2.05) is 26.0 Å². The van der Waals surface area contributed by atoms with Crippen molar-refractivity contribution in [2.24, 2.45) is 0 Å². The van der Waals surface area contributed by atoms with Gasteiger partial charge >= 0.3 is 0 Å². The van der Waals surface area contributed by atoms with Crippen LogP contribution in [-0.2, 0) is 27.8 Å². The number of hydrogen-bond acceptors (Lipinski definition) is 4. The van der Waals surface area contributed by atoms with E-state index in [0.29, 0.717) is 37.6 Å².